The van der Waals surface area contributed by atoms with E-state index in [1.165, 1.54) is 38.2 Å². The van der Waals surface area contributed by atoms with Crippen molar-refractivity contribution in [1.82, 2.24) is 60.2 Å². The fourth-order valence-electron chi connectivity index (χ4n) is 8.44. The summed E-state index contributed by atoms with van der Waals surface area (Å²) in [4.78, 5) is 27.5. The molecule has 16 nitrogen and oxygen atoms in total. The average Bonchev–Trinajstić information content (AvgIpc) is 4.04. The summed E-state index contributed by atoms with van der Waals surface area (Å²) in [5.74, 6) is 0.773. The number of nitrogen functional groups attached to an aromatic ring is 1. The molecule has 2 N–H and O–H groups in total. The Labute approximate surface area is 383 Å². The van der Waals surface area contributed by atoms with E-state index in [0.29, 0.717) is 17.1 Å². The molecule has 2 aliphatic rings. The molecule has 66 heavy (non-hydrogen) atoms. The lowest BCUT2D eigenvalue weighted by Crippen LogP contribution is -2.32. The van der Waals surface area contributed by atoms with Crippen molar-refractivity contribution in [1.29, 1.82) is 0 Å². The SMILES string of the molecule is Cc1cc(-c2nnn(-c3ccc(CCN4CCc5cnccc5C4)cc3)n2)c([N+](=O)[O-])cc1C.Cc1cc(N)c(-c2nnn(-c3ccc(CCN4CCc5cnccc5C4)cc3)n2)cc1C. The number of hydrogen-bond donors (Lipinski definition) is 1. The van der Waals surface area contributed by atoms with Gasteiger partial charge in [0.15, 0.2) is 0 Å². The summed E-state index contributed by atoms with van der Waals surface area (Å²) in [6, 6.07) is 27.9. The number of fused-ring (bicyclic) bond motifs is 2. The zero-order valence-corrected chi connectivity index (χ0v) is 37.7. The molecule has 0 bridgehead atoms. The molecule has 0 spiro atoms. The summed E-state index contributed by atoms with van der Waals surface area (Å²) >= 11 is 0. The average molecular weight is 881 g/mol. The van der Waals surface area contributed by atoms with E-state index >= 15 is 0 Å². The zero-order valence-electron chi connectivity index (χ0n) is 37.7. The fraction of sp³-hybridized carbons (Fsp3) is 0.280. The molecule has 8 aromatic rings. The van der Waals surface area contributed by atoms with Crippen LogP contribution in [0.4, 0.5) is 11.4 Å². The highest BCUT2D eigenvalue weighted by molar-refractivity contribution is 5.73. The highest BCUT2D eigenvalue weighted by atomic mass is 16.6. The van der Waals surface area contributed by atoms with Crippen molar-refractivity contribution in [3.63, 3.8) is 0 Å². The van der Waals surface area contributed by atoms with E-state index in [1.54, 1.807) is 16.9 Å². The van der Waals surface area contributed by atoms with Crippen molar-refractivity contribution < 1.29 is 4.92 Å². The summed E-state index contributed by atoms with van der Waals surface area (Å²) in [5, 5.41) is 37.2. The Hall–Kier alpha value is -7.56. The predicted octanol–water partition coefficient (Wildman–Crippen LogP) is 7.37. The molecular weight excluding hydrogens is 829 g/mol. The van der Waals surface area contributed by atoms with Crippen LogP contribution in [0.2, 0.25) is 0 Å². The minimum absolute atomic E-state index is 0.0189. The topological polar surface area (TPSA) is 189 Å². The summed E-state index contributed by atoms with van der Waals surface area (Å²) in [6.07, 6.45) is 11.8. The standard InChI is InChI=1S/C25H25N7O2.C25H27N7/c1-17-13-23(24(32(33)34)14-18(17)2)25-27-29-31(28-25)22-5-3-19(4-6-22)8-11-30-12-9-20-15-26-10-7-21(20)16-30;1-17-13-23(24(26)14-18(17)2)25-28-30-32(29-25)22-5-3-19(4-6-22)8-11-31-12-9-20-15-27-10-7-21(20)16-31/h3-7,10,13-15H,8-9,11-12,16H2,1-2H3;3-7,10,13-15H,8-9,11-12,16,26H2,1-2H3. The number of pyridine rings is 2. The number of rotatable bonds is 11. The van der Waals surface area contributed by atoms with Crippen LogP contribution in [0.1, 0.15) is 55.6 Å². The second-order valence-corrected chi connectivity index (χ2v) is 17.2. The lowest BCUT2D eigenvalue weighted by Gasteiger charge is -2.28. The molecule has 0 amide bonds. The number of anilines is 1. The van der Waals surface area contributed by atoms with Crippen molar-refractivity contribution in [2.75, 3.05) is 31.9 Å². The van der Waals surface area contributed by atoms with Gasteiger partial charge in [0, 0.05) is 81.4 Å². The van der Waals surface area contributed by atoms with E-state index in [2.05, 4.69) is 93.9 Å². The van der Waals surface area contributed by atoms with Gasteiger partial charge in [0.2, 0.25) is 11.6 Å². The minimum Gasteiger partial charge on any atom is -0.398 e. The Morgan fingerprint density at radius 1 is 0.591 bits per heavy atom. The van der Waals surface area contributed by atoms with Gasteiger partial charge in [-0.15, -0.1) is 30.0 Å². The normalized spacial score (nSPS) is 13.7. The minimum atomic E-state index is -0.408. The van der Waals surface area contributed by atoms with E-state index in [-0.39, 0.29) is 11.5 Å². The molecule has 4 aromatic carbocycles. The molecule has 0 atom stereocenters. The Kier molecular flexibility index (Phi) is 12.8. The van der Waals surface area contributed by atoms with Gasteiger partial charge in [-0.25, -0.2) is 0 Å². The number of nitro benzene ring substituents is 1. The third kappa shape index (κ3) is 9.89. The monoisotopic (exact) mass is 880 g/mol. The summed E-state index contributed by atoms with van der Waals surface area (Å²) < 4.78 is 0. The van der Waals surface area contributed by atoms with Crippen LogP contribution in [-0.2, 0) is 38.8 Å². The largest absolute Gasteiger partial charge is 0.398 e. The Bertz CT molecular complexity index is 3000. The lowest BCUT2D eigenvalue weighted by atomic mass is 10.0. The van der Waals surface area contributed by atoms with Crippen LogP contribution in [0.5, 0.6) is 0 Å². The van der Waals surface area contributed by atoms with E-state index in [9.17, 15) is 10.1 Å². The quantitative estimate of drug-likeness (QED) is 0.0771. The summed E-state index contributed by atoms with van der Waals surface area (Å²) in [6.45, 7) is 14.0. The van der Waals surface area contributed by atoms with Crippen LogP contribution in [0.15, 0.2) is 110 Å². The maximum absolute atomic E-state index is 11.5. The fourth-order valence-corrected chi connectivity index (χ4v) is 8.44. The Balaban J connectivity index is 0.000000166. The number of benzene rings is 4. The van der Waals surface area contributed by atoms with Gasteiger partial charge in [0.1, 0.15) is 5.56 Å². The third-order valence-corrected chi connectivity index (χ3v) is 12.7. The van der Waals surface area contributed by atoms with Gasteiger partial charge in [-0.1, -0.05) is 24.3 Å². The van der Waals surface area contributed by atoms with Gasteiger partial charge >= 0.3 is 0 Å². The first-order valence-corrected chi connectivity index (χ1v) is 22.2. The first-order chi connectivity index (χ1) is 32.0. The van der Waals surface area contributed by atoms with E-state index < -0.39 is 4.92 Å². The van der Waals surface area contributed by atoms with E-state index in [4.69, 9.17) is 5.73 Å². The first kappa shape index (κ1) is 43.7. The van der Waals surface area contributed by atoms with Crippen LogP contribution in [0, 0.1) is 37.8 Å². The highest BCUT2D eigenvalue weighted by Crippen LogP contribution is 2.31. The third-order valence-electron chi connectivity index (χ3n) is 12.7. The first-order valence-electron chi connectivity index (χ1n) is 22.2. The maximum atomic E-state index is 11.5. The van der Waals surface area contributed by atoms with Gasteiger partial charge in [0.25, 0.3) is 5.69 Å². The Morgan fingerprint density at radius 2 is 1.05 bits per heavy atom. The van der Waals surface area contributed by atoms with E-state index in [1.807, 2.05) is 82.0 Å². The van der Waals surface area contributed by atoms with Crippen LogP contribution < -0.4 is 5.73 Å². The van der Waals surface area contributed by atoms with Crippen LogP contribution in [0.3, 0.4) is 0 Å². The molecule has 16 heteroatoms. The number of nitrogens with two attached hydrogens (primary N) is 1. The number of aryl methyl sites for hydroxylation is 4. The van der Waals surface area contributed by atoms with Crippen LogP contribution in [-0.4, -0.2) is 91.3 Å². The van der Waals surface area contributed by atoms with Gasteiger partial charge in [-0.3, -0.25) is 29.9 Å². The Morgan fingerprint density at radius 3 is 1.55 bits per heavy atom. The summed E-state index contributed by atoms with van der Waals surface area (Å²) in [5.41, 5.74) is 21.8. The molecule has 0 radical (unpaired) electrons. The van der Waals surface area contributed by atoms with E-state index in [0.717, 1.165) is 104 Å². The number of aromatic nitrogens is 10. The molecule has 0 saturated carbocycles. The molecule has 0 unspecified atom stereocenters. The number of hydrogen-bond acceptors (Lipinski definition) is 13. The van der Waals surface area contributed by atoms with Crippen molar-refractivity contribution >= 4 is 11.4 Å². The molecule has 0 fully saturated rings. The molecule has 2 aliphatic heterocycles. The maximum Gasteiger partial charge on any atom is 0.280 e. The van der Waals surface area contributed by atoms with Gasteiger partial charge in [-0.05, 0) is 174 Å². The van der Waals surface area contributed by atoms with Crippen LogP contribution >= 0.6 is 0 Å². The highest BCUT2D eigenvalue weighted by Gasteiger charge is 2.22. The molecule has 6 heterocycles. The van der Waals surface area contributed by atoms with Gasteiger partial charge in [0.05, 0.1) is 16.3 Å². The van der Waals surface area contributed by atoms with Gasteiger partial charge < -0.3 is 5.73 Å². The smallest absolute Gasteiger partial charge is 0.280 e. The molecule has 334 valence electrons. The predicted molar refractivity (Wildman–Crippen MR) is 253 cm³/mol. The summed E-state index contributed by atoms with van der Waals surface area (Å²) in [7, 11) is 0. The number of nitro groups is 1. The molecule has 0 saturated heterocycles. The molecule has 0 aliphatic carbocycles. The van der Waals surface area contributed by atoms with Crippen LogP contribution in [0.25, 0.3) is 34.2 Å². The number of tetrazole rings is 2. The zero-order chi connectivity index (χ0) is 45.7. The van der Waals surface area contributed by atoms with Gasteiger partial charge in [-0.2, -0.15) is 0 Å². The second-order valence-electron chi connectivity index (χ2n) is 17.2. The van der Waals surface area contributed by atoms with Crippen molar-refractivity contribution in [3.8, 4) is 34.2 Å². The van der Waals surface area contributed by atoms with Crippen molar-refractivity contribution in [3.05, 3.63) is 175 Å². The molecule has 10 rings (SSSR count). The van der Waals surface area contributed by atoms with Crippen molar-refractivity contribution in [2.45, 2.75) is 66.5 Å². The molecule has 4 aromatic heterocycles. The lowest BCUT2D eigenvalue weighted by molar-refractivity contribution is -0.384. The molecular formula is C50H52N14O2. The second kappa shape index (κ2) is 19.3. The van der Waals surface area contributed by atoms with Crippen molar-refractivity contribution in [2.24, 2.45) is 0 Å². The number of nitrogens with zero attached hydrogens (tertiary/aromatic N) is 13.